The predicted molar refractivity (Wildman–Crippen MR) is 114 cm³/mol. The van der Waals surface area contributed by atoms with Crippen molar-refractivity contribution in [1.29, 1.82) is 5.26 Å². The van der Waals surface area contributed by atoms with Gasteiger partial charge in [0.15, 0.2) is 0 Å². The number of carbonyl (C=O) groups excluding carboxylic acids is 1. The maximum atomic E-state index is 13.6. The lowest BCUT2D eigenvalue weighted by Crippen LogP contribution is -2.48. The Morgan fingerprint density at radius 2 is 2.23 bits per heavy atom. The van der Waals surface area contributed by atoms with Crippen LogP contribution in [0.25, 0.3) is 11.0 Å². The van der Waals surface area contributed by atoms with Crippen LogP contribution in [-0.4, -0.2) is 33.9 Å². The van der Waals surface area contributed by atoms with E-state index in [9.17, 15) is 9.18 Å². The Labute approximate surface area is 179 Å². The quantitative estimate of drug-likeness (QED) is 0.676. The molecule has 8 heteroatoms. The van der Waals surface area contributed by atoms with Crippen LogP contribution in [0.3, 0.4) is 0 Å². The van der Waals surface area contributed by atoms with Gasteiger partial charge in [0.2, 0.25) is 5.91 Å². The van der Waals surface area contributed by atoms with Crippen molar-refractivity contribution < 1.29 is 9.18 Å². The number of nitrogens with one attached hydrogen (secondary N) is 2. The highest BCUT2D eigenvalue weighted by Crippen LogP contribution is 2.56. The van der Waals surface area contributed by atoms with Crippen molar-refractivity contribution in [3.05, 3.63) is 53.7 Å². The molecule has 2 aliphatic rings. The highest BCUT2D eigenvalue weighted by Gasteiger charge is 2.55. The first-order valence-corrected chi connectivity index (χ1v) is 10.5. The molecule has 3 aromatic rings. The summed E-state index contributed by atoms with van der Waals surface area (Å²) in [4.78, 5) is 27.4. The number of nitriles is 1. The number of H-pyrrole nitrogens is 1. The number of aromatic nitrogens is 3. The smallest absolute Gasteiger partial charge is 0.224 e. The van der Waals surface area contributed by atoms with Gasteiger partial charge in [0.25, 0.3) is 0 Å². The molecule has 158 valence electrons. The van der Waals surface area contributed by atoms with Gasteiger partial charge in [-0.05, 0) is 55.4 Å². The lowest BCUT2D eigenvalue weighted by molar-refractivity contribution is -0.128. The number of amides is 1. The average molecular weight is 418 g/mol. The molecule has 1 spiro atoms. The van der Waals surface area contributed by atoms with Gasteiger partial charge in [0.05, 0.1) is 17.0 Å². The van der Waals surface area contributed by atoms with Crippen molar-refractivity contribution in [2.24, 2.45) is 11.3 Å². The van der Waals surface area contributed by atoms with E-state index in [1.807, 2.05) is 25.3 Å². The van der Waals surface area contributed by atoms with E-state index in [4.69, 9.17) is 5.26 Å². The fourth-order valence-electron chi connectivity index (χ4n) is 4.82. The molecule has 31 heavy (non-hydrogen) atoms. The second-order valence-corrected chi connectivity index (χ2v) is 8.64. The minimum absolute atomic E-state index is 0.00788. The summed E-state index contributed by atoms with van der Waals surface area (Å²) in [5.41, 5.74) is 1.51. The van der Waals surface area contributed by atoms with Crippen LogP contribution >= 0.6 is 0 Å². The second-order valence-electron chi connectivity index (χ2n) is 8.64. The average Bonchev–Trinajstić information content (AvgIpc) is 3.34. The number of benzene rings is 1. The molecule has 2 fully saturated rings. The third-order valence-electron chi connectivity index (χ3n) is 6.74. The van der Waals surface area contributed by atoms with Crippen molar-refractivity contribution in [1.82, 2.24) is 20.3 Å². The van der Waals surface area contributed by atoms with Crippen LogP contribution < -0.4 is 10.2 Å². The number of rotatable bonds is 4. The summed E-state index contributed by atoms with van der Waals surface area (Å²) in [5, 5.41) is 13.2. The highest BCUT2D eigenvalue weighted by molar-refractivity contribution is 5.88. The normalized spacial score (nSPS) is 20.4. The van der Waals surface area contributed by atoms with E-state index < -0.39 is 5.82 Å². The van der Waals surface area contributed by atoms with Crippen LogP contribution in [0, 0.1) is 28.5 Å². The molecule has 2 aromatic heterocycles. The van der Waals surface area contributed by atoms with Crippen LogP contribution in [0.5, 0.6) is 0 Å². The van der Waals surface area contributed by atoms with Crippen molar-refractivity contribution in [3.63, 3.8) is 0 Å². The zero-order valence-corrected chi connectivity index (χ0v) is 17.2. The summed E-state index contributed by atoms with van der Waals surface area (Å²) in [7, 11) is 0. The van der Waals surface area contributed by atoms with Crippen molar-refractivity contribution in [3.8, 4) is 6.07 Å². The monoisotopic (exact) mass is 418 g/mol. The van der Waals surface area contributed by atoms with Gasteiger partial charge < -0.3 is 15.2 Å². The molecule has 3 heterocycles. The standard InChI is InChI=1S/C23H23FN6O/c1-14(15-2-3-19(24)16(10-15)11-25)29-22(31)18-5-9-30(12-23(18)6-7-23)21-17-4-8-26-20(17)27-13-28-21/h2-4,8,10,13-14,18H,5-7,9,12H2,1H3,(H,29,31)(H,26,27,28)/t14-,18?/m1/s1. The number of aromatic amines is 1. The predicted octanol–water partition coefficient (Wildman–Crippen LogP) is 3.45. The molecule has 1 aliphatic heterocycles. The molecule has 1 saturated heterocycles. The first kappa shape index (κ1) is 19.5. The lowest BCUT2D eigenvalue weighted by atomic mass is 9.81. The van der Waals surface area contributed by atoms with Gasteiger partial charge in [0.1, 0.15) is 29.7 Å². The molecule has 0 radical (unpaired) electrons. The molecule has 1 amide bonds. The topological polar surface area (TPSA) is 97.7 Å². The second kappa shape index (κ2) is 7.34. The van der Waals surface area contributed by atoms with E-state index in [1.165, 1.54) is 12.1 Å². The van der Waals surface area contributed by atoms with E-state index in [1.54, 1.807) is 12.4 Å². The van der Waals surface area contributed by atoms with E-state index in [0.717, 1.165) is 54.8 Å². The molecular weight excluding hydrogens is 395 g/mol. The third-order valence-corrected chi connectivity index (χ3v) is 6.74. The fourth-order valence-corrected chi connectivity index (χ4v) is 4.82. The number of halogens is 1. The van der Waals surface area contributed by atoms with Crippen molar-refractivity contribution >= 4 is 22.8 Å². The Kier molecular flexibility index (Phi) is 4.62. The Morgan fingerprint density at radius 1 is 1.39 bits per heavy atom. The van der Waals surface area contributed by atoms with E-state index in [0.29, 0.717) is 0 Å². The summed E-state index contributed by atoms with van der Waals surface area (Å²) in [6.07, 6.45) is 6.23. The number of carbonyl (C=O) groups is 1. The molecule has 0 bridgehead atoms. The zero-order valence-electron chi connectivity index (χ0n) is 17.2. The Bertz CT molecular complexity index is 1190. The van der Waals surface area contributed by atoms with Crippen molar-refractivity contribution in [2.75, 3.05) is 18.0 Å². The largest absolute Gasteiger partial charge is 0.355 e. The van der Waals surface area contributed by atoms with Gasteiger partial charge in [-0.3, -0.25) is 4.79 Å². The first-order chi connectivity index (χ1) is 15.0. The van der Waals surface area contributed by atoms with E-state index >= 15 is 0 Å². The Morgan fingerprint density at radius 3 is 3.00 bits per heavy atom. The third kappa shape index (κ3) is 3.40. The summed E-state index contributed by atoms with van der Waals surface area (Å²) < 4.78 is 13.6. The molecule has 2 N–H and O–H groups in total. The number of fused-ring (bicyclic) bond motifs is 1. The van der Waals surface area contributed by atoms with Crippen molar-refractivity contribution in [2.45, 2.75) is 32.2 Å². The highest BCUT2D eigenvalue weighted by atomic mass is 19.1. The van der Waals surface area contributed by atoms with Gasteiger partial charge in [-0.1, -0.05) is 6.07 Å². The molecular formula is C23H23FN6O. The van der Waals surface area contributed by atoms with Crippen LogP contribution in [0.4, 0.5) is 10.2 Å². The van der Waals surface area contributed by atoms with Gasteiger partial charge in [-0.25, -0.2) is 14.4 Å². The van der Waals surface area contributed by atoms with Gasteiger partial charge in [0, 0.05) is 25.2 Å². The molecule has 2 atom stereocenters. The molecule has 1 aromatic carbocycles. The molecule has 7 nitrogen and oxygen atoms in total. The Balaban J connectivity index is 1.30. The number of hydrogen-bond donors (Lipinski definition) is 2. The van der Waals surface area contributed by atoms with Crippen LogP contribution in [0.2, 0.25) is 0 Å². The maximum Gasteiger partial charge on any atom is 0.224 e. The van der Waals surface area contributed by atoms with Crippen LogP contribution in [0.1, 0.15) is 43.4 Å². The van der Waals surface area contributed by atoms with Crippen LogP contribution in [-0.2, 0) is 4.79 Å². The minimum Gasteiger partial charge on any atom is -0.355 e. The lowest BCUT2D eigenvalue weighted by Gasteiger charge is -2.39. The SMILES string of the molecule is C[C@@H](NC(=O)C1CCN(c2ncnc3[nH]ccc23)CC12CC2)c1ccc(F)c(C#N)c1. The fraction of sp³-hybridized carbons (Fsp3) is 0.391. The van der Waals surface area contributed by atoms with E-state index in [2.05, 4.69) is 25.2 Å². The summed E-state index contributed by atoms with van der Waals surface area (Å²) in [6, 6.07) is 7.95. The summed E-state index contributed by atoms with van der Waals surface area (Å²) in [6.45, 7) is 3.41. The van der Waals surface area contributed by atoms with Gasteiger partial charge in [-0.2, -0.15) is 5.26 Å². The summed E-state index contributed by atoms with van der Waals surface area (Å²) >= 11 is 0. The zero-order chi connectivity index (χ0) is 21.6. The van der Waals surface area contributed by atoms with Gasteiger partial charge >= 0.3 is 0 Å². The summed E-state index contributed by atoms with van der Waals surface area (Å²) in [5.74, 6) is 0.336. The molecule has 1 saturated carbocycles. The molecule has 5 rings (SSSR count). The Hall–Kier alpha value is -3.47. The minimum atomic E-state index is -0.546. The van der Waals surface area contributed by atoms with E-state index in [-0.39, 0.29) is 28.8 Å². The number of piperidine rings is 1. The molecule has 1 unspecified atom stereocenters. The first-order valence-electron chi connectivity index (χ1n) is 10.5. The molecule has 1 aliphatic carbocycles. The maximum absolute atomic E-state index is 13.6. The van der Waals surface area contributed by atoms with Gasteiger partial charge in [-0.15, -0.1) is 0 Å². The van der Waals surface area contributed by atoms with Crippen LogP contribution in [0.15, 0.2) is 36.8 Å². The number of anilines is 1. The number of nitrogens with zero attached hydrogens (tertiary/aromatic N) is 4. The number of hydrogen-bond acceptors (Lipinski definition) is 5.